The molecule has 0 aliphatic heterocycles. The van der Waals surface area contributed by atoms with Crippen molar-refractivity contribution in [1.82, 2.24) is 19.4 Å². The first-order chi connectivity index (χ1) is 14.2. The molecule has 0 aliphatic rings. The minimum Gasteiger partial charge on any atom is -0.346 e. The van der Waals surface area contributed by atoms with E-state index in [1.165, 1.54) is 12.1 Å². The monoisotopic (exact) mass is 404 g/mol. The van der Waals surface area contributed by atoms with Crippen LogP contribution in [0.2, 0.25) is 0 Å². The van der Waals surface area contributed by atoms with Gasteiger partial charge in [-0.3, -0.25) is 5.10 Å². The number of fused-ring (bicyclic) bond motifs is 1. The van der Waals surface area contributed by atoms with Gasteiger partial charge >= 0.3 is 0 Å². The number of rotatable bonds is 6. The van der Waals surface area contributed by atoms with Gasteiger partial charge < -0.3 is 4.57 Å². The van der Waals surface area contributed by atoms with Crippen molar-refractivity contribution in [3.63, 3.8) is 0 Å². The van der Waals surface area contributed by atoms with Crippen molar-refractivity contribution in [1.29, 1.82) is 5.26 Å². The Morgan fingerprint density at radius 2 is 2.00 bits per heavy atom. The van der Waals surface area contributed by atoms with Crippen LogP contribution in [0.15, 0.2) is 59.8 Å². The maximum absolute atomic E-state index is 13.1. The predicted molar refractivity (Wildman–Crippen MR) is 112 cm³/mol. The first-order valence-corrected chi connectivity index (χ1v) is 9.46. The van der Waals surface area contributed by atoms with Crippen LogP contribution in [0, 0.1) is 21.9 Å². The Hall–Kier alpha value is -3.57. The molecule has 0 fully saturated rings. The van der Waals surface area contributed by atoms with Gasteiger partial charge in [-0.1, -0.05) is 30.3 Å². The molecule has 0 saturated carbocycles. The van der Waals surface area contributed by atoms with E-state index in [0.717, 1.165) is 22.0 Å². The van der Waals surface area contributed by atoms with Crippen LogP contribution in [-0.4, -0.2) is 25.7 Å². The molecule has 144 valence electrons. The number of nitrogens with zero attached hydrogens (tertiary/aromatic N) is 5. The fraction of sp³-hybridized carbons (Fsp3) is 0.143. The Balaban J connectivity index is 1.66. The first-order valence-electron chi connectivity index (χ1n) is 9.05. The zero-order valence-corrected chi connectivity index (χ0v) is 16.2. The van der Waals surface area contributed by atoms with Crippen LogP contribution in [0.5, 0.6) is 0 Å². The molecule has 2 aromatic carbocycles. The van der Waals surface area contributed by atoms with E-state index in [9.17, 15) is 4.39 Å². The largest absolute Gasteiger partial charge is 0.346 e. The quantitative estimate of drug-likeness (QED) is 0.382. The average Bonchev–Trinajstić information content (AvgIpc) is 3.27. The molecule has 0 bridgehead atoms. The molecule has 1 N–H and O–H groups in total. The SMILES string of the molecule is N#CCCn1cc(/C=N\n2c(Cc3ccc(F)cc3)n[nH]c2=S)c2ccccc21. The van der Waals surface area contributed by atoms with Gasteiger partial charge in [-0.25, -0.2) is 4.39 Å². The van der Waals surface area contributed by atoms with E-state index < -0.39 is 0 Å². The third-order valence-corrected chi connectivity index (χ3v) is 4.85. The lowest BCUT2D eigenvalue weighted by Gasteiger charge is -2.01. The van der Waals surface area contributed by atoms with Crippen LogP contribution in [-0.2, 0) is 13.0 Å². The van der Waals surface area contributed by atoms with Crippen LogP contribution in [0.1, 0.15) is 23.4 Å². The van der Waals surface area contributed by atoms with E-state index in [-0.39, 0.29) is 5.82 Å². The Morgan fingerprint density at radius 3 is 2.79 bits per heavy atom. The number of aromatic amines is 1. The summed E-state index contributed by atoms with van der Waals surface area (Å²) in [5.74, 6) is 0.351. The lowest BCUT2D eigenvalue weighted by molar-refractivity contribution is 0.627. The van der Waals surface area contributed by atoms with Gasteiger partial charge in [-0.2, -0.15) is 20.1 Å². The number of para-hydroxylation sites is 1. The summed E-state index contributed by atoms with van der Waals surface area (Å²) in [6.45, 7) is 0.617. The zero-order chi connectivity index (χ0) is 20.2. The Labute approximate surface area is 171 Å². The maximum atomic E-state index is 13.1. The molecule has 0 spiro atoms. The summed E-state index contributed by atoms with van der Waals surface area (Å²) in [5.41, 5.74) is 2.88. The maximum Gasteiger partial charge on any atom is 0.216 e. The van der Waals surface area contributed by atoms with Crippen molar-refractivity contribution in [3.05, 3.63) is 82.3 Å². The number of aryl methyl sites for hydroxylation is 1. The molecule has 6 nitrogen and oxygen atoms in total. The number of aromatic nitrogens is 4. The summed E-state index contributed by atoms with van der Waals surface area (Å²) in [6.07, 6.45) is 4.62. The molecule has 8 heteroatoms. The lowest BCUT2D eigenvalue weighted by atomic mass is 10.1. The van der Waals surface area contributed by atoms with Gasteiger partial charge in [0.25, 0.3) is 0 Å². The summed E-state index contributed by atoms with van der Waals surface area (Å²) >= 11 is 5.31. The van der Waals surface area contributed by atoms with Gasteiger partial charge in [-0.15, -0.1) is 0 Å². The molecule has 0 unspecified atom stereocenters. The van der Waals surface area contributed by atoms with E-state index in [2.05, 4.69) is 21.4 Å². The van der Waals surface area contributed by atoms with E-state index >= 15 is 0 Å². The van der Waals surface area contributed by atoms with Crippen LogP contribution >= 0.6 is 12.2 Å². The summed E-state index contributed by atoms with van der Waals surface area (Å²) in [6, 6.07) is 16.4. The molecule has 4 aromatic rings. The molecular weight excluding hydrogens is 387 g/mol. The van der Waals surface area contributed by atoms with Crippen molar-refractivity contribution >= 4 is 29.3 Å². The molecule has 0 amide bonds. The highest BCUT2D eigenvalue weighted by atomic mass is 32.1. The number of nitrogens with one attached hydrogen (secondary N) is 1. The van der Waals surface area contributed by atoms with E-state index in [0.29, 0.717) is 30.0 Å². The molecule has 4 rings (SSSR count). The molecule has 29 heavy (non-hydrogen) atoms. The smallest absolute Gasteiger partial charge is 0.216 e. The van der Waals surface area contributed by atoms with Gasteiger partial charge in [0.05, 0.1) is 18.7 Å². The predicted octanol–water partition coefficient (Wildman–Crippen LogP) is 4.42. The standard InChI is InChI=1S/C21H17FN6S/c22-17-8-6-15(7-9-17)12-20-25-26-21(29)28(20)24-13-16-14-27(11-3-10-23)19-5-2-1-4-18(16)19/h1-2,4-9,13-14H,3,11-12H2,(H,26,29)/b24-13-. The summed E-state index contributed by atoms with van der Waals surface area (Å²) in [5, 5.41) is 21.5. The fourth-order valence-electron chi connectivity index (χ4n) is 3.20. The number of halogens is 1. The highest BCUT2D eigenvalue weighted by molar-refractivity contribution is 7.71. The van der Waals surface area contributed by atoms with Gasteiger partial charge in [0.15, 0.2) is 5.82 Å². The second kappa shape index (κ2) is 8.20. The van der Waals surface area contributed by atoms with Gasteiger partial charge in [0.1, 0.15) is 5.82 Å². The fourth-order valence-corrected chi connectivity index (χ4v) is 3.39. The summed E-state index contributed by atoms with van der Waals surface area (Å²) in [4.78, 5) is 0. The minimum absolute atomic E-state index is 0.279. The Morgan fingerprint density at radius 1 is 1.21 bits per heavy atom. The third-order valence-electron chi connectivity index (χ3n) is 4.59. The molecule has 0 atom stereocenters. The van der Waals surface area contributed by atoms with Crippen molar-refractivity contribution in [2.45, 2.75) is 19.4 Å². The van der Waals surface area contributed by atoms with E-state index in [1.807, 2.05) is 35.0 Å². The number of hydrogen-bond donors (Lipinski definition) is 1. The van der Waals surface area contributed by atoms with Crippen molar-refractivity contribution < 1.29 is 4.39 Å². The van der Waals surface area contributed by atoms with E-state index in [1.54, 1.807) is 23.0 Å². The second-order valence-electron chi connectivity index (χ2n) is 6.51. The highest BCUT2D eigenvalue weighted by Gasteiger charge is 2.09. The van der Waals surface area contributed by atoms with Gasteiger partial charge in [0, 0.05) is 35.6 Å². The van der Waals surface area contributed by atoms with Gasteiger partial charge in [0.2, 0.25) is 4.77 Å². The summed E-state index contributed by atoms with van der Waals surface area (Å²) in [7, 11) is 0. The number of nitriles is 1. The average molecular weight is 404 g/mol. The first kappa shape index (κ1) is 18.8. The van der Waals surface area contributed by atoms with Crippen LogP contribution in [0.4, 0.5) is 4.39 Å². The zero-order valence-electron chi connectivity index (χ0n) is 15.4. The van der Waals surface area contributed by atoms with E-state index in [4.69, 9.17) is 17.5 Å². The third kappa shape index (κ3) is 4.00. The minimum atomic E-state index is -0.279. The van der Waals surface area contributed by atoms with Crippen molar-refractivity contribution in [3.8, 4) is 6.07 Å². The molecule has 0 radical (unpaired) electrons. The molecule has 2 heterocycles. The lowest BCUT2D eigenvalue weighted by Crippen LogP contribution is -2.00. The highest BCUT2D eigenvalue weighted by Crippen LogP contribution is 2.20. The number of benzene rings is 2. The second-order valence-corrected chi connectivity index (χ2v) is 6.89. The number of hydrogen-bond acceptors (Lipinski definition) is 4. The van der Waals surface area contributed by atoms with Crippen LogP contribution in [0.3, 0.4) is 0 Å². The van der Waals surface area contributed by atoms with Crippen molar-refractivity contribution in [2.24, 2.45) is 5.10 Å². The molecule has 2 aromatic heterocycles. The molecule has 0 aliphatic carbocycles. The Bertz CT molecular complexity index is 1270. The number of H-pyrrole nitrogens is 1. The topological polar surface area (TPSA) is 74.7 Å². The van der Waals surface area contributed by atoms with Gasteiger partial charge in [-0.05, 0) is 36.0 Å². The molecular formula is C21H17FN6S. The van der Waals surface area contributed by atoms with Crippen LogP contribution in [0.25, 0.3) is 10.9 Å². The Kier molecular flexibility index (Phi) is 5.31. The molecule has 0 saturated heterocycles. The van der Waals surface area contributed by atoms with Crippen LogP contribution < -0.4 is 0 Å². The van der Waals surface area contributed by atoms with Crippen molar-refractivity contribution in [2.75, 3.05) is 0 Å². The summed E-state index contributed by atoms with van der Waals surface area (Å²) < 4.78 is 17.1. The normalized spacial score (nSPS) is 11.3.